The Hall–Kier alpha value is -2.47. The third kappa shape index (κ3) is 2.17. The number of nitrogens with zero attached hydrogens (tertiary/aromatic N) is 4. The quantitative estimate of drug-likeness (QED) is 0.758. The molecule has 3 aromatic rings. The van der Waals surface area contributed by atoms with Crippen molar-refractivity contribution in [3.8, 4) is 11.4 Å². The van der Waals surface area contributed by atoms with Crippen LogP contribution in [0.25, 0.3) is 22.4 Å². The minimum Gasteiger partial charge on any atom is -0.353 e. The van der Waals surface area contributed by atoms with Crippen LogP contribution in [0.5, 0.6) is 0 Å². The van der Waals surface area contributed by atoms with E-state index in [0.717, 1.165) is 47.9 Å². The topological polar surface area (TPSA) is 69.7 Å². The second-order valence-corrected chi connectivity index (χ2v) is 6.84. The van der Waals surface area contributed by atoms with Crippen molar-refractivity contribution in [1.29, 1.82) is 0 Å². The van der Waals surface area contributed by atoms with Gasteiger partial charge in [0.05, 0.1) is 11.4 Å². The lowest BCUT2D eigenvalue weighted by atomic mass is 9.75. The lowest BCUT2D eigenvalue weighted by molar-refractivity contribution is 0.172. The van der Waals surface area contributed by atoms with Crippen molar-refractivity contribution in [2.24, 2.45) is 0 Å². The van der Waals surface area contributed by atoms with Gasteiger partial charge in [0.25, 0.3) is 0 Å². The SMILES string of the molecule is c1cc(-c2[nH]nc3ncccc23)nc(N2CCNC3(CCC3)C2)c1. The van der Waals surface area contributed by atoms with Crippen molar-refractivity contribution in [3.05, 3.63) is 36.5 Å². The molecule has 24 heavy (non-hydrogen) atoms. The van der Waals surface area contributed by atoms with Gasteiger partial charge in [-0.1, -0.05) is 6.07 Å². The van der Waals surface area contributed by atoms with Crippen molar-refractivity contribution in [2.45, 2.75) is 24.8 Å². The fraction of sp³-hybridized carbons (Fsp3) is 0.389. The van der Waals surface area contributed by atoms with Gasteiger partial charge in [0.15, 0.2) is 5.65 Å². The highest BCUT2D eigenvalue weighted by Gasteiger charge is 2.40. The first-order valence-corrected chi connectivity index (χ1v) is 8.60. The van der Waals surface area contributed by atoms with Gasteiger partial charge in [0.1, 0.15) is 5.82 Å². The Bertz CT molecular complexity index is 882. The number of H-pyrrole nitrogens is 1. The van der Waals surface area contributed by atoms with Crippen LogP contribution in [-0.4, -0.2) is 45.3 Å². The minimum atomic E-state index is 0.320. The molecule has 2 fully saturated rings. The Kier molecular flexibility index (Phi) is 3.06. The molecule has 0 radical (unpaired) electrons. The Morgan fingerprint density at radius 1 is 1.12 bits per heavy atom. The summed E-state index contributed by atoms with van der Waals surface area (Å²) in [5.74, 6) is 1.05. The van der Waals surface area contributed by atoms with Gasteiger partial charge in [0, 0.05) is 36.8 Å². The van der Waals surface area contributed by atoms with E-state index in [-0.39, 0.29) is 0 Å². The van der Waals surface area contributed by atoms with E-state index in [1.807, 2.05) is 18.2 Å². The molecular formula is C18H20N6. The maximum atomic E-state index is 4.91. The lowest BCUT2D eigenvalue weighted by Crippen LogP contribution is -2.64. The number of aromatic nitrogens is 4. The number of pyridine rings is 2. The summed E-state index contributed by atoms with van der Waals surface area (Å²) in [5, 5.41) is 12.1. The molecule has 0 bridgehead atoms. The third-order valence-electron chi connectivity index (χ3n) is 5.33. The summed E-state index contributed by atoms with van der Waals surface area (Å²) in [5.41, 5.74) is 2.91. The van der Waals surface area contributed by atoms with E-state index < -0.39 is 0 Å². The highest BCUT2D eigenvalue weighted by atomic mass is 15.3. The second-order valence-electron chi connectivity index (χ2n) is 6.84. The van der Waals surface area contributed by atoms with Gasteiger partial charge in [0.2, 0.25) is 0 Å². The number of hydrogen-bond donors (Lipinski definition) is 2. The zero-order valence-corrected chi connectivity index (χ0v) is 13.5. The number of fused-ring (bicyclic) bond motifs is 1. The van der Waals surface area contributed by atoms with Gasteiger partial charge in [-0.2, -0.15) is 5.10 Å². The van der Waals surface area contributed by atoms with Crippen molar-refractivity contribution >= 4 is 16.9 Å². The summed E-state index contributed by atoms with van der Waals surface area (Å²) in [6.07, 6.45) is 5.65. The monoisotopic (exact) mass is 320 g/mol. The number of nitrogens with one attached hydrogen (secondary N) is 2. The summed E-state index contributed by atoms with van der Waals surface area (Å²) in [7, 11) is 0. The second kappa shape index (κ2) is 5.27. The average Bonchev–Trinajstić information content (AvgIpc) is 3.05. The molecule has 6 heteroatoms. The molecule has 3 aromatic heterocycles. The van der Waals surface area contributed by atoms with Crippen LogP contribution in [0.4, 0.5) is 5.82 Å². The van der Waals surface area contributed by atoms with Gasteiger partial charge in [-0.15, -0.1) is 0 Å². The number of hydrogen-bond acceptors (Lipinski definition) is 5. The molecule has 4 heterocycles. The standard InChI is InChI=1S/C18H20N6/c1-5-14(16-13-4-2-9-19-17(13)23-22-16)21-15(6-1)24-11-10-20-18(12-24)7-3-8-18/h1-2,4-6,9,20H,3,7-8,10-12H2,(H,19,22,23). The summed E-state index contributed by atoms with van der Waals surface area (Å²) < 4.78 is 0. The Balaban J connectivity index is 1.50. The minimum absolute atomic E-state index is 0.320. The molecule has 1 aliphatic carbocycles. The van der Waals surface area contributed by atoms with E-state index in [1.54, 1.807) is 6.20 Å². The number of piperazine rings is 1. The number of rotatable bonds is 2. The largest absolute Gasteiger partial charge is 0.353 e. The van der Waals surface area contributed by atoms with Crippen molar-refractivity contribution in [3.63, 3.8) is 0 Å². The highest BCUT2D eigenvalue weighted by Crippen LogP contribution is 2.35. The fourth-order valence-electron chi connectivity index (χ4n) is 3.87. The Labute approximate surface area is 140 Å². The summed E-state index contributed by atoms with van der Waals surface area (Å²) in [4.78, 5) is 11.6. The van der Waals surface area contributed by atoms with Crippen LogP contribution in [0.2, 0.25) is 0 Å². The van der Waals surface area contributed by atoms with Crippen molar-refractivity contribution in [1.82, 2.24) is 25.5 Å². The molecule has 0 unspecified atom stereocenters. The highest BCUT2D eigenvalue weighted by molar-refractivity contribution is 5.89. The normalized spacial score (nSPS) is 19.6. The number of aromatic amines is 1. The zero-order valence-electron chi connectivity index (χ0n) is 13.5. The molecule has 1 saturated heterocycles. The summed E-state index contributed by atoms with van der Waals surface area (Å²) >= 11 is 0. The molecule has 0 amide bonds. The van der Waals surface area contributed by atoms with Crippen LogP contribution in [-0.2, 0) is 0 Å². The Morgan fingerprint density at radius 2 is 2.08 bits per heavy atom. The molecule has 0 aromatic carbocycles. The first-order valence-electron chi connectivity index (χ1n) is 8.60. The Morgan fingerprint density at radius 3 is 2.96 bits per heavy atom. The van der Waals surface area contributed by atoms with E-state index >= 15 is 0 Å². The molecule has 0 atom stereocenters. The smallest absolute Gasteiger partial charge is 0.181 e. The van der Waals surface area contributed by atoms with Crippen LogP contribution >= 0.6 is 0 Å². The van der Waals surface area contributed by atoms with Gasteiger partial charge in [-0.05, 0) is 43.5 Å². The van der Waals surface area contributed by atoms with E-state index in [1.165, 1.54) is 19.3 Å². The molecule has 122 valence electrons. The molecule has 1 aliphatic heterocycles. The summed E-state index contributed by atoms with van der Waals surface area (Å²) in [6, 6.07) is 10.2. The third-order valence-corrected chi connectivity index (χ3v) is 5.33. The zero-order chi connectivity index (χ0) is 16.0. The van der Waals surface area contributed by atoms with E-state index in [0.29, 0.717) is 5.54 Å². The van der Waals surface area contributed by atoms with Gasteiger partial charge in [-0.3, -0.25) is 5.10 Å². The molecule has 2 N–H and O–H groups in total. The first kappa shape index (κ1) is 13.9. The molecule has 5 rings (SSSR count). The van der Waals surface area contributed by atoms with Crippen molar-refractivity contribution < 1.29 is 0 Å². The molecular weight excluding hydrogens is 300 g/mol. The predicted molar refractivity (Wildman–Crippen MR) is 93.9 cm³/mol. The van der Waals surface area contributed by atoms with Crippen LogP contribution in [0.15, 0.2) is 36.5 Å². The van der Waals surface area contributed by atoms with Crippen molar-refractivity contribution in [2.75, 3.05) is 24.5 Å². The first-order chi connectivity index (χ1) is 11.8. The number of anilines is 1. The van der Waals surface area contributed by atoms with E-state index in [2.05, 4.69) is 37.5 Å². The molecule has 6 nitrogen and oxygen atoms in total. The molecule has 1 spiro atoms. The average molecular weight is 320 g/mol. The summed E-state index contributed by atoms with van der Waals surface area (Å²) in [6.45, 7) is 3.08. The van der Waals surface area contributed by atoms with Crippen LogP contribution in [0, 0.1) is 0 Å². The maximum Gasteiger partial charge on any atom is 0.181 e. The predicted octanol–water partition coefficient (Wildman–Crippen LogP) is 2.35. The van der Waals surface area contributed by atoms with E-state index in [9.17, 15) is 0 Å². The van der Waals surface area contributed by atoms with Crippen LogP contribution in [0.3, 0.4) is 0 Å². The van der Waals surface area contributed by atoms with Gasteiger partial charge >= 0.3 is 0 Å². The van der Waals surface area contributed by atoms with Crippen LogP contribution in [0.1, 0.15) is 19.3 Å². The maximum absolute atomic E-state index is 4.91. The van der Waals surface area contributed by atoms with Gasteiger partial charge < -0.3 is 10.2 Å². The fourth-order valence-corrected chi connectivity index (χ4v) is 3.87. The lowest BCUT2D eigenvalue weighted by Gasteiger charge is -2.50. The van der Waals surface area contributed by atoms with E-state index in [4.69, 9.17) is 4.98 Å². The molecule has 1 saturated carbocycles. The van der Waals surface area contributed by atoms with Gasteiger partial charge in [-0.25, -0.2) is 9.97 Å². The molecule has 2 aliphatic rings. The van der Waals surface area contributed by atoms with Crippen LogP contribution < -0.4 is 10.2 Å².